The summed E-state index contributed by atoms with van der Waals surface area (Å²) in [6.45, 7) is 3.85. The molecule has 0 saturated carbocycles. The van der Waals surface area contributed by atoms with E-state index in [1.54, 1.807) is 33.5 Å². The Morgan fingerprint density at radius 2 is 1.65 bits per heavy atom. The molecule has 0 bridgehead atoms. The molecule has 0 aliphatic rings. The van der Waals surface area contributed by atoms with Gasteiger partial charge in [-0.3, -0.25) is 0 Å². The number of ether oxygens (including phenoxy) is 3. The van der Waals surface area contributed by atoms with E-state index in [2.05, 4.69) is 0 Å². The number of benzene rings is 1. The first-order valence-corrected chi connectivity index (χ1v) is 6.43. The largest absolute Gasteiger partial charge is 0.493 e. The normalized spacial score (nSPS) is 12.8. The predicted octanol–water partition coefficient (Wildman–Crippen LogP) is 3.15. The molecule has 1 aromatic carbocycles. The molecule has 1 heterocycles. The maximum atomic E-state index is 10.1. The van der Waals surface area contributed by atoms with Crippen molar-refractivity contribution in [2.24, 2.45) is 5.92 Å². The average molecular weight is 280 g/mol. The van der Waals surface area contributed by atoms with Gasteiger partial charge in [-0.15, -0.1) is 0 Å². The van der Waals surface area contributed by atoms with Gasteiger partial charge in [0.2, 0.25) is 5.75 Å². The molecule has 5 nitrogen and oxygen atoms in total. The van der Waals surface area contributed by atoms with Crippen LogP contribution in [0.25, 0.3) is 11.0 Å². The molecule has 0 radical (unpaired) electrons. The summed E-state index contributed by atoms with van der Waals surface area (Å²) in [5, 5.41) is 10.9. The van der Waals surface area contributed by atoms with Gasteiger partial charge >= 0.3 is 0 Å². The Labute approximate surface area is 118 Å². The van der Waals surface area contributed by atoms with Crippen LogP contribution in [-0.4, -0.2) is 26.4 Å². The summed E-state index contributed by atoms with van der Waals surface area (Å²) in [6, 6.07) is 3.51. The molecular formula is C15H20O5. The van der Waals surface area contributed by atoms with Crippen molar-refractivity contribution in [2.75, 3.05) is 21.3 Å². The van der Waals surface area contributed by atoms with E-state index >= 15 is 0 Å². The van der Waals surface area contributed by atoms with Gasteiger partial charge < -0.3 is 23.7 Å². The Morgan fingerprint density at radius 3 is 2.15 bits per heavy atom. The van der Waals surface area contributed by atoms with Crippen molar-refractivity contribution in [1.82, 2.24) is 0 Å². The molecule has 0 spiro atoms. The fourth-order valence-electron chi connectivity index (χ4n) is 2.15. The van der Waals surface area contributed by atoms with Gasteiger partial charge in [-0.05, 0) is 12.0 Å². The molecule has 0 aliphatic carbocycles. The van der Waals surface area contributed by atoms with Crippen LogP contribution < -0.4 is 14.2 Å². The molecule has 20 heavy (non-hydrogen) atoms. The number of hydrogen-bond donors (Lipinski definition) is 1. The summed E-state index contributed by atoms with van der Waals surface area (Å²) in [4.78, 5) is 0. The number of fused-ring (bicyclic) bond motifs is 1. The first-order valence-electron chi connectivity index (χ1n) is 6.43. The minimum absolute atomic E-state index is 0.0605. The maximum Gasteiger partial charge on any atom is 0.204 e. The topological polar surface area (TPSA) is 61.1 Å². The number of methoxy groups -OCH3 is 3. The summed E-state index contributed by atoms with van der Waals surface area (Å²) in [7, 11) is 4.66. The van der Waals surface area contributed by atoms with Gasteiger partial charge in [-0.25, -0.2) is 0 Å². The van der Waals surface area contributed by atoms with E-state index in [0.29, 0.717) is 28.6 Å². The van der Waals surface area contributed by atoms with Crippen LogP contribution in [0.4, 0.5) is 0 Å². The van der Waals surface area contributed by atoms with Gasteiger partial charge in [0.25, 0.3) is 0 Å². The van der Waals surface area contributed by atoms with Gasteiger partial charge in [-0.2, -0.15) is 0 Å². The highest BCUT2D eigenvalue weighted by molar-refractivity contribution is 5.90. The number of rotatable bonds is 5. The second-order valence-corrected chi connectivity index (χ2v) is 4.89. The summed E-state index contributed by atoms with van der Waals surface area (Å²) in [5.41, 5.74) is 0.592. The van der Waals surface area contributed by atoms with E-state index in [4.69, 9.17) is 18.6 Å². The lowest BCUT2D eigenvalue weighted by Gasteiger charge is -2.12. The Kier molecular flexibility index (Phi) is 4.09. The van der Waals surface area contributed by atoms with E-state index in [0.717, 1.165) is 5.39 Å². The molecule has 0 fully saturated rings. The van der Waals surface area contributed by atoms with Crippen LogP contribution in [0.15, 0.2) is 16.5 Å². The van der Waals surface area contributed by atoms with E-state index in [1.807, 2.05) is 13.8 Å². The van der Waals surface area contributed by atoms with Crippen molar-refractivity contribution in [1.29, 1.82) is 0 Å². The van der Waals surface area contributed by atoms with Crippen LogP contribution in [0, 0.1) is 5.92 Å². The Bertz CT molecular complexity index is 600. The minimum Gasteiger partial charge on any atom is -0.493 e. The van der Waals surface area contributed by atoms with Crippen LogP contribution in [0.3, 0.4) is 0 Å². The van der Waals surface area contributed by atoms with Crippen molar-refractivity contribution in [2.45, 2.75) is 20.0 Å². The van der Waals surface area contributed by atoms with Crippen molar-refractivity contribution >= 4 is 11.0 Å². The average Bonchev–Trinajstić information content (AvgIpc) is 2.87. The molecule has 1 N–H and O–H groups in total. The van der Waals surface area contributed by atoms with Crippen LogP contribution in [0.5, 0.6) is 17.2 Å². The van der Waals surface area contributed by atoms with E-state index in [1.165, 1.54) is 0 Å². The van der Waals surface area contributed by atoms with Crippen LogP contribution in [0.1, 0.15) is 25.7 Å². The predicted molar refractivity (Wildman–Crippen MR) is 75.7 cm³/mol. The highest BCUT2D eigenvalue weighted by Gasteiger charge is 2.22. The van der Waals surface area contributed by atoms with Crippen LogP contribution in [-0.2, 0) is 0 Å². The fraction of sp³-hybridized carbons (Fsp3) is 0.467. The SMILES string of the molecule is COc1cc2oc(C(O)C(C)C)cc2c(OC)c1OC. The Morgan fingerprint density at radius 1 is 1.00 bits per heavy atom. The minimum atomic E-state index is -0.663. The third kappa shape index (κ3) is 2.29. The molecule has 110 valence electrons. The van der Waals surface area contributed by atoms with Gasteiger partial charge in [0, 0.05) is 6.07 Å². The Balaban J connectivity index is 2.67. The zero-order valence-corrected chi connectivity index (χ0v) is 12.4. The summed E-state index contributed by atoms with van der Waals surface area (Å²) in [5.74, 6) is 2.13. The van der Waals surface area contributed by atoms with Gasteiger partial charge in [0.15, 0.2) is 11.5 Å². The number of furan rings is 1. The standard InChI is InChI=1S/C15H20O5/c1-8(2)13(16)11-6-9-10(20-11)7-12(17-3)15(19-5)14(9)18-4/h6-8,13,16H,1-5H3. The number of aliphatic hydroxyl groups excluding tert-OH is 1. The molecule has 5 heteroatoms. The number of hydrogen-bond acceptors (Lipinski definition) is 5. The van der Waals surface area contributed by atoms with Crippen molar-refractivity contribution in [3.63, 3.8) is 0 Å². The first-order chi connectivity index (χ1) is 9.53. The third-order valence-corrected chi connectivity index (χ3v) is 3.27. The van der Waals surface area contributed by atoms with Crippen LogP contribution in [0.2, 0.25) is 0 Å². The summed E-state index contributed by atoms with van der Waals surface area (Å²) in [6.07, 6.45) is -0.663. The molecule has 1 unspecified atom stereocenters. The van der Waals surface area contributed by atoms with E-state index in [9.17, 15) is 5.11 Å². The van der Waals surface area contributed by atoms with Gasteiger partial charge in [0.1, 0.15) is 17.4 Å². The second-order valence-electron chi connectivity index (χ2n) is 4.89. The van der Waals surface area contributed by atoms with Crippen molar-refractivity contribution in [3.05, 3.63) is 17.9 Å². The van der Waals surface area contributed by atoms with Crippen molar-refractivity contribution < 1.29 is 23.7 Å². The van der Waals surface area contributed by atoms with Gasteiger partial charge in [0.05, 0.1) is 26.7 Å². The van der Waals surface area contributed by atoms with Crippen molar-refractivity contribution in [3.8, 4) is 17.2 Å². The maximum absolute atomic E-state index is 10.1. The van der Waals surface area contributed by atoms with E-state index < -0.39 is 6.10 Å². The quantitative estimate of drug-likeness (QED) is 0.911. The van der Waals surface area contributed by atoms with E-state index in [-0.39, 0.29) is 5.92 Å². The molecule has 1 atom stereocenters. The number of aliphatic hydroxyl groups is 1. The molecule has 0 amide bonds. The van der Waals surface area contributed by atoms with Gasteiger partial charge in [-0.1, -0.05) is 13.8 Å². The second kappa shape index (κ2) is 5.63. The lowest BCUT2D eigenvalue weighted by molar-refractivity contribution is 0.104. The first kappa shape index (κ1) is 14.5. The zero-order chi connectivity index (χ0) is 14.9. The smallest absolute Gasteiger partial charge is 0.204 e. The molecule has 0 aliphatic heterocycles. The highest BCUT2D eigenvalue weighted by Crippen LogP contribution is 2.45. The lowest BCUT2D eigenvalue weighted by Crippen LogP contribution is -2.03. The highest BCUT2D eigenvalue weighted by atomic mass is 16.5. The molecular weight excluding hydrogens is 260 g/mol. The molecule has 2 rings (SSSR count). The van der Waals surface area contributed by atoms with Crippen LogP contribution >= 0.6 is 0 Å². The monoisotopic (exact) mass is 280 g/mol. The molecule has 2 aromatic rings. The summed E-state index contributed by atoms with van der Waals surface area (Å²) < 4.78 is 21.7. The Hall–Kier alpha value is -1.88. The lowest BCUT2D eigenvalue weighted by atomic mass is 10.1. The zero-order valence-electron chi connectivity index (χ0n) is 12.4. The molecule has 1 aromatic heterocycles. The summed E-state index contributed by atoms with van der Waals surface area (Å²) >= 11 is 0. The third-order valence-electron chi connectivity index (χ3n) is 3.27. The fourth-order valence-corrected chi connectivity index (χ4v) is 2.15. The molecule has 0 saturated heterocycles.